The molecule has 0 spiro atoms. The van der Waals surface area contributed by atoms with E-state index in [2.05, 4.69) is 28.0 Å². The van der Waals surface area contributed by atoms with Crippen molar-refractivity contribution in [3.8, 4) is 11.4 Å². The Balaban J connectivity index is 2.48. The summed E-state index contributed by atoms with van der Waals surface area (Å²) in [5, 5.41) is 5.27. The Bertz CT molecular complexity index is 508. The maximum atomic E-state index is 5.23. The van der Waals surface area contributed by atoms with Crippen LogP contribution in [-0.4, -0.2) is 16.9 Å². The molecular weight excluding hydrogens is 280 g/mol. The maximum absolute atomic E-state index is 5.23. The lowest BCUT2D eigenvalue weighted by Crippen LogP contribution is -2.02. The smallest absolute Gasteiger partial charge is 0.121 e. The molecule has 0 unspecified atom stereocenters. The van der Waals surface area contributed by atoms with Crippen LogP contribution in [0.2, 0.25) is 0 Å². The molecule has 0 aliphatic rings. The van der Waals surface area contributed by atoms with Crippen LogP contribution in [0.15, 0.2) is 30.5 Å². The number of hydrogen-bond donors (Lipinski definition) is 0. The minimum absolute atomic E-state index is 0.833. The molecule has 0 amide bonds. The van der Waals surface area contributed by atoms with Crippen LogP contribution in [0.4, 0.5) is 0 Å². The normalized spacial score (nSPS) is 10.5. The van der Waals surface area contributed by atoms with Crippen LogP contribution in [0.25, 0.3) is 5.69 Å². The molecule has 0 fully saturated rings. The maximum Gasteiger partial charge on any atom is 0.121 e. The SMILES string of the molecule is CCc1c(CBr)cnn1-c1cccc(OC)c1. The van der Waals surface area contributed by atoms with Gasteiger partial charge < -0.3 is 4.74 Å². The van der Waals surface area contributed by atoms with E-state index in [1.54, 1.807) is 7.11 Å². The average molecular weight is 295 g/mol. The number of benzene rings is 1. The van der Waals surface area contributed by atoms with E-state index in [-0.39, 0.29) is 0 Å². The molecule has 0 saturated heterocycles. The van der Waals surface area contributed by atoms with Crippen molar-refractivity contribution < 1.29 is 4.74 Å². The molecule has 0 aliphatic carbocycles. The van der Waals surface area contributed by atoms with E-state index < -0.39 is 0 Å². The Morgan fingerprint density at radius 2 is 2.24 bits per heavy atom. The van der Waals surface area contributed by atoms with Gasteiger partial charge in [-0.05, 0) is 18.6 Å². The summed E-state index contributed by atoms with van der Waals surface area (Å²) in [5.74, 6) is 0.848. The number of ether oxygens (including phenoxy) is 1. The highest BCUT2D eigenvalue weighted by atomic mass is 79.9. The predicted molar refractivity (Wildman–Crippen MR) is 72.1 cm³/mol. The monoisotopic (exact) mass is 294 g/mol. The van der Waals surface area contributed by atoms with Gasteiger partial charge in [-0.3, -0.25) is 0 Å². The molecule has 1 aromatic heterocycles. The predicted octanol–water partition coefficient (Wildman–Crippen LogP) is 3.34. The molecule has 0 radical (unpaired) electrons. The van der Waals surface area contributed by atoms with Gasteiger partial charge in [0.25, 0.3) is 0 Å². The Morgan fingerprint density at radius 3 is 2.88 bits per heavy atom. The first-order chi connectivity index (χ1) is 8.30. The van der Waals surface area contributed by atoms with Gasteiger partial charge in [-0.15, -0.1) is 0 Å². The third-order valence-corrected chi connectivity index (χ3v) is 3.34. The summed E-state index contributed by atoms with van der Waals surface area (Å²) in [7, 11) is 1.67. The number of alkyl halides is 1. The van der Waals surface area contributed by atoms with Crippen molar-refractivity contribution >= 4 is 15.9 Å². The lowest BCUT2D eigenvalue weighted by atomic mass is 10.2. The zero-order valence-electron chi connectivity index (χ0n) is 9.98. The Labute approximate surface area is 110 Å². The Hall–Kier alpha value is -1.29. The minimum atomic E-state index is 0.833. The summed E-state index contributed by atoms with van der Waals surface area (Å²) >= 11 is 3.49. The molecule has 90 valence electrons. The molecule has 0 aliphatic heterocycles. The van der Waals surface area contributed by atoms with Crippen LogP contribution in [0.3, 0.4) is 0 Å². The summed E-state index contributed by atoms with van der Waals surface area (Å²) in [6, 6.07) is 7.93. The molecule has 2 rings (SSSR count). The average Bonchev–Trinajstić information content (AvgIpc) is 2.81. The third-order valence-electron chi connectivity index (χ3n) is 2.73. The second kappa shape index (κ2) is 5.36. The van der Waals surface area contributed by atoms with Crippen LogP contribution in [0.1, 0.15) is 18.2 Å². The number of aromatic nitrogens is 2. The van der Waals surface area contributed by atoms with Crippen molar-refractivity contribution in [2.45, 2.75) is 18.7 Å². The van der Waals surface area contributed by atoms with Crippen molar-refractivity contribution in [2.75, 3.05) is 7.11 Å². The van der Waals surface area contributed by atoms with Crippen LogP contribution in [0.5, 0.6) is 5.75 Å². The molecule has 17 heavy (non-hydrogen) atoms. The number of methoxy groups -OCH3 is 1. The first-order valence-corrected chi connectivity index (χ1v) is 6.68. The lowest BCUT2D eigenvalue weighted by molar-refractivity contribution is 0.414. The van der Waals surface area contributed by atoms with Crippen molar-refractivity contribution in [3.63, 3.8) is 0 Å². The zero-order valence-corrected chi connectivity index (χ0v) is 11.6. The van der Waals surface area contributed by atoms with Crippen molar-refractivity contribution in [3.05, 3.63) is 41.7 Å². The zero-order chi connectivity index (χ0) is 12.3. The Kier molecular flexibility index (Phi) is 3.84. The molecule has 3 nitrogen and oxygen atoms in total. The molecule has 0 bridgehead atoms. The highest BCUT2D eigenvalue weighted by Crippen LogP contribution is 2.21. The van der Waals surface area contributed by atoms with Crippen molar-refractivity contribution in [1.29, 1.82) is 0 Å². The van der Waals surface area contributed by atoms with Gasteiger partial charge >= 0.3 is 0 Å². The summed E-state index contributed by atoms with van der Waals surface area (Å²) in [5.41, 5.74) is 3.50. The van der Waals surface area contributed by atoms with E-state index in [1.807, 2.05) is 35.1 Å². The summed E-state index contributed by atoms with van der Waals surface area (Å²) in [4.78, 5) is 0. The highest BCUT2D eigenvalue weighted by Gasteiger charge is 2.09. The van der Waals surface area contributed by atoms with Crippen molar-refractivity contribution in [1.82, 2.24) is 9.78 Å². The standard InChI is InChI=1S/C13H15BrN2O/c1-3-13-10(8-14)9-15-16(13)11-5-4-6-12(7-11)17-2/h4-7,9H,3,8H2,1-2H3. The van der Waals surface area contributed by atoms with Gasteiger partial charge in [0, 0.05) is 22.7 Å². The molecule has 1 heterocycles. The molecule has 1 aromatic carbocycles. The fourth-order valence-electron chi connectivity index (χ4n) is 1.86. The van der Waals surface area contributed by atoms with Gasteiger partial charge in [-0.1, -0.05) is 28.9 Å². The van der Waals surface area contributed by atoms with Crippen molar-refractivity contribution in [2.24, 2.45) is 0 Å². The van der Waals surface area contributed by atoms with E-state index in [0.29, 0.717) is 0 Å². The van der Waals surface area contributed by atoms with Gasteiger partial charge in [-0.2, -0.15) is 5.10 Å². The van der Waals surface area contributed by atoms with Gasteiger partial charge in [0.15, 0.2) is 0 Å². The molecule has 0 N–H and O–H groups in total. The van der Waals surface area contributed by atoms with Gasteiger partial charge in [0.2, 0.25) is 0 Å². The van der Waals surface area contributed by atoms with Crippen LogP contribution >= 0.6 is 15.9 Å². The number of halogens is 1. The van der Waals surface area contributed by atoms with Crippen LogP contribution in [-0.2, 0) is 11.8 Å². The molecule has 4 heteroatoms. The summed E-state index contributed by atoms with van der Waals surface area (Å²) < 4.78 is 7.20. The second-order valence-corrected chi connectivity index (χ2v) is 4.28. The number of rotatable bonds is 4. The van der Waals surface area contributed by atoms with E-state index in [4.69, 9.17) is 4.74 Å². The highest BCUT2D eigenvalue weighted by molar-refractivity contribution is 9.08. The number of hydrogen-bond acceptors (Lipinski definition) is 2. The van der Waals surface area contributed by atoms with E-state index in [0.717, 1.165) is 23.2 Å². The third kappa shape index (κ3) is 2.36. The molecule has 0 saturated carbocycles. The van der Waals surface area contributed by atoms with Crippen LogP contribution < -0.4 is 4.74 Å². The fraction of sp³-hybridized carbons (Fsp3) is 0.308. The lowest BCUT2D eigenvalue weighted by Gasteiger charge is -2.08. The van der Waals surface area contributed by atoms with Gasteiger partial charge in [-0.25, -0.2) is 4.68 Å². The van der Waals surface area contributed by atoms with Gasteiger partial charge in [0.1, 0.15) is 5.75 Å². The minimum Gasteiger partial charge on any atom is -0.497 e. The summed E-state index contributed by atoms with van der Waals surface area (Å²) in [6.07, 6.45) is 2.87. The molecular formula is C13H15BrN2O. The van der Waals surface area contributed by atoms with E-state index in [9.17, 15) is 0 Å². The largest absolute Gasteiger partial charge is 0.497 e. The fourth-order valence-corrected chi connectivity index (χ4v) is 2.33. The van der Waals surface area contributed by atoms with Crippen LogP contribution in [0, 0.1) is 0 Å². The summed E-state index contributed by atoms with van der Waals surface area (Å²) in [6.45, 7) is 2.14. The quantitative estimate of drug-likeness (QED) is 0.809. The first-order valence-electron chi connectivity index (χ1n) is 5.56. The molecule has 0 atom stereocenters. The topological polar surface area (TPSA) is 27.1 Å². The van der Waals surface area contributed by atoms with E-state index in [1.165, 1.54) is 11.3 Å². The molecule has 2 aromatic rings. The first kappa shape index (κ1) is 12.2. The van der Waals surface area contributed by atoms with Gasteiger partial charge in [0.05, 0.1) is 19.0 Å². The Morgan fingerprint density at radius 1 is 1.41 bits per heavy atom. The number of nitrogens with zero attached hydrogens (tertiary/aromatic N) is 2. The second-order valence-electron chi connectivity index (χ2n) is 3.72. The van der Waals surface area contributed by atoms with E-state index >= 15 is 0 Å².